The standard InChI is InChI=1S/C25H25AsClF2N5O2/c27-18-7-8-19(28)17(21(18)29)11-26-23(35)15-5-3-4-14(10-15)20-13-32-24(30)22(34-20)25(36)33-16-6-1-2-9-31-12-16/h3-5,7-8,10,13,16,26,31H,1-2,6,9,11-12H2,(H2,30,32)(H,33,36)/t16-/m0/s1. The van der Waals surface area contributed by atoms with E-state index in [9.17, 15) is 18.4 Å². The first-order valence-corrected chi connectivity index (χ1v) is 14.4. The van der Waals surface area contributed by atoms with Gasteiger partial charge in [-0.3, -0.25) is 0 Å². The zero-order valence-electron chi connectivity index (χ0n) is 19.3. The van der Waals surface area contributed by atoms with Crippen molar-refractivity contribution in [3.8, 4) is 11.3 Å². The molecule has 4 N–H and O–H groups in total. The number of halogens is 3. The van der Waals surface area contributed by atoms with Crippen molar-refractivity contribution in [2.24, 2.45) is 0 Å². The van der Waals surface area contributed by atoms with Crippen LogP contribution in [0.5, 0.6) is 0 Å². The molecule has 2 atom stereocenters. The normalized spacial score (nSPS) is 16.1. The zero-order valence-corrected chi connectivity index (χ0v) is 22.1. The van der Waals surface area contributed by atoms with Gasteiger partial charge < -0.3 is 0 Å². The number of nitrogens with two attached hydrogens (primary N) is 1. The molecule has 2 aromatic carbocycles. The molecule has 7 nitrogen and oxygen atoms in total. The van der Waals surface area contributed by atoms with Crippen LogP contribution >= 0.6 is 11.6 Å². The van der Waals surface area contributed by atoms with E-state index in [4.69, 9.17) is 17.3 Å². The summed E-state index contributed by atoms with van der Waals surface area (Å²) < 4.78 is 28.0. The third kappa shape index (κ3) is 6.27. The number of anilines is 1. The van der Waals surface area contributed by atoms with E-state index in [0.29, 0.717) is 23.4 Å². The summed E-state index contributed by atoms with van der Waals surface area (Å²) in [6.45, 7) is 1.60. The van der Waals surface area contributed by atoms with Gasteiger partial charge >= 0.3 is 206 Å². The minimum absolute atomic E-state index is 0.0106. The number of rotatable bonds is 7. The first-order valence-electron chi connectivity index (χ1n) is 11.5. The number of amides is 1. The number of hydrogen-bond acceptors (Lipinski definition) is 6. The molecule has 0 radical (unpaired) electrons. The molecule has 0 spiro atoms. The van der Waals surface area contributed by atoms with Crippen LogP contribution in [0.4, 0.5) is 14.6 Å². The fourth-order valence-electron chi connectivity index (χ4n) is 3.92. The summed E-state index contributed by atoms with van der Waals surface area (Å²) in [6, 6.07) is 8.91. The fraction of sp³-hybridized carbons (Fsp3) is 0.280. The van der Waals surface area contributed by atoms with Gasteiger partial charge in [-0.15, -0.1) is 0 Å². The van der Waals surface area contributed by atoms with Crippen LogP contribution in [-0.2, 0) is 5.21 Å². The van der Waals surface area contributed by atoms with Crippen molar-refractivity contribution in [2.45, 2.75) is 30.5 Å². The van der Waals surface area contributed by atoms with Gasteiger partial charge in [-0.05, 0) is 13.0 Å². The number of nitrogen functional groups attached to an aromatic ring is 1. The molecular weight excluding hydrogens is 551 g/mol. The predicted molar refractivity (Wildman–Crippen MR) is 136 cm³/mol. The van der Waals surface area contributed by atoms with Gasteiger partial charge in [0.05, 0.1) is 0 Å². The van der Waals surface area contributed by atoms with Crippen LogP contribution in [0.1, 0.15) is 45.7 Å². The average molecular weight is 576 g/mol. The van der Waals surface area contributed by atoms with E-state index in [2.05, 4.69) is 20.6 Å². The van der Waals surface area contributed by atoms with E-state index in [1.807, 2.05) is 0 Å². The summed E-state index contributed by atoms with van der Waals surface area (Å²) in [7, 11) is 0. The van der Waals surface area contributed by atoms with Crippen molar-refractivity contribution < 1.29 is 18.4 Å². The Kier molecular flexibility index (Phi) is 8.67. The van der Waals surface area contributed by atoms with Gasteiger partial charge in [0, 0.05) is 0 Å². The maximum atomic E-state index is 14.2. The van der Waals surface area contributed by atoms with Gasteiger partial charge in [0.2, 0.25) is 0 Å². The first kappa shape index (κ1) is 26.2. The van der Waals surface area contributed by atoms with Gasteiger partial charge in [-0.1, -0.05) is 0 Å². The summed E-state index contributed by atoms with van der Waals surface area (Å²) in [6.07, 6.45) is 4.38. The molecule has 3 aromatic rings. The predicted octanol–water partition coefficient (Wildman–Crippen LogP) is 3.31. The van der Waals surface area contributed by atoms with Crippen LogP contribution in [0, 0.1) is 11.6 Å². The molecule has 1 fully saturated rings. The maximum absolute atomic E-state index is 14.2. The molecule has 2 heterocycles. The Balaban J connectivity index is 1.50. The van der Waals surface area contributed by atoms with E-state index < -0.39 is 33.3 Å². The number of carbonyl (C=O) groups excluding carboxylic acids is 2. The topological polar surface area (TPSA) is 110 Å². The van der Waals surface area contributed by atoms with Crippen LogP contribution in [0.3, 0.4) is 0 Å². The number of carbonyl (C=O) groups is 2. The van der Waals surface area contributed by atoms with E-state index in [0.717, 1.165) is 37.9 Å². The molecule has 36 heavy (non-hydrogen) atoms. The van der Waals surface area contributed by atoms with E-state index in [1.54, 1.807) is 24.3 Å². The summed E-state index contributed by atoms with van der Waals surface area (Å²) in [4.78, 5) is 34.3. The second kappa shape index (κ2) is 11.9. The number of nitrogens with one attached hydrogen (secondary N) is 2. The van der Waals surface area contributed by atoms with E-state index in [1.165, 1.54) is 6.20 Å². The molecule has 1 aromatic heterocycles. The van der Waals surface area contributed by atoms with Crippen LogP contribution in [0.15, 0.2) is 42.6 Å². The van der Waals surface area contributed by atoms with Crippen LogP contribution in [0.25, 0.3) is 11.3 Å². The molecule has 1 saturated heterocycles. The molecule has 4 rings (SSSR count). The van der Waals surface area contributed by atoms with Gasteiger partial charge in [0.1, 0.15) is 0 Å². The second-order valence-electron chi connectivity index (χ2n) is 8.44. The molecule has 1 aliphatic heterocycles. The summed E-state index contributed by atoms with van der Waals surface area (Å²) in [5, 5.41) is 6.07. The number of hydrogen-bond donors (Lipinski definition) is 3. The Hall–Kier alpha value is -2.87. The number of aromatic nitrogens is 2. The van der Waals surface area contributed by atoms with Gasteiger partial charge in [-0.25, -0.2) is 0 Å². The number of nitrogens with zero attached hydrogens (tertiary/aromatic N) is 2. The number of benzene rings is 2. The van der Waals surface area contributed by atoms with Crippen molar-refractivity contribution in [3.63, 3.8) is 0 Å². The third-order valence-electron chi connectivity index (χ3n) is 5.88. The molecule has 188 valence electrons. The first-order chi connectivity index (χ1) is 17.3. The van der Waals surface area contributed by atoms with E-state index >= 15 is 0 Å². The second-order valence-corrected chi connectivity index (χ2v) is 11.3. The molecule has 0 saturated carbocycles. The van der Waals surface area contributed by atoms with Gasteiger partial charge in [0.25, 0.3) is 0 Å². The van der Waals surface area contributed by atoms with Crippen molar-refractivity contribution in [1.82, 2.24) is 20.6 Å². The Morgan fingerprint density at radius 3 is 2.89 bits per heavy atom. The Morgan fingerprint density at radius 1 is 1.22 bits per heavy atom. The van der Waals surface area contributed by atoms with Gasteiger partial charge in [0.15, 0.2) is 0 Å². The zero-order chi connectivity index (χ0) is 25.7. The Labute approximate surface area is 218 Å². The fourth-order valence-corrected chi connectivity index (χ4v) is 6.24. The van der Waals surface area contributed by atoms with Crippen molar-refractivity contribution in [2.75, 3.05) is 18.8 Å². The monoisotopic (exact) mass is 575 g/mol. The van der Waals surface area contributed by atoms with Crippen molar-refractivity contribution >= 4 is 43.6 Å². The molecule has 0 bridgehead atoms. The van der Waals surface area contributed by atoms with E-state index in [-0.39, 0.29) is 37.9 Å². The molecular formula is C25H25AsClF2N5O2. The SMILES string of the molecule is Nc1ncc(-c2cccc(C(=O)[AsH]Cc3c(F)ccc(Cl)c3F)c2)nc1C(=O)N[C@H]1CCCCNC1. The molecule has 1 aliphatic rings. The summed E-state index contributed by atoms with van der Waals surface area (Å²) in [5.41, 5.74) is 7.15. The van der Waals surface area contributed by atoms with Crippen LogP contribution in [0.2, 0.25) is 5.02 Å². The van der Waals surface area contributed by atoms with Crippen molar-refractivity contribution in [3.05, 3.63) is 76.1 Å². The Morgan fingerprint density at radius 2 is 2.06 bits per heavy atom. The molecule has 11 heteroatoms. The molecule has 0 aliphatic carbocycles. The van der Waals surface area contributed by atoms with Crippen LogP contribution in [-0.4, -0.2) is 55.3 Å². The average Bonchev–Trinajstić information content (AvgIpc) is 3.15. The summed E-state index contributed by atoms with van der Waals surface area (Å²) in [5.74, 6) is -1.93. The Bertz CT molecular complexity index is 1290. The third-order valence-corrected chi connectivity index (χ3v) is 8.57. The van der Waals surface area contributed by atoms with Crippen molar-refractivity contribution in [1.29, 1.82) is 0 Å². The minimum atomic E-state index is -1.42. The summed E-state index contributed by atoms with van der Waals surface area (Å²) >= 11 is 4.33. The van der Waals surface area contributed by atoms with Crippen LogP contribution < -0.4 is 16.4 Å². The molecule has 1 amide bonds. The molecule has 1 unspecified atom stereocenters. The quantitative estimate of drug-likeness (QED) is 0.295. The van der Waals surface area contributed by atoms with Gasteiger partial charge in [-0.2, -0.15) is 0 Å².